The second kappa shape index (κ2) is 8.68. The standard InChI is InChI=1S/C19H13Cl2NO5S/c1-2-26-15-7-10(8-16-17(23)22-19(25)28-16)3-6-14(15)27-18(24)11-4-5-12(20)13(21)9-11/h3-9H,2H2,1H3,(H,22,23,25)/b16-8+. The van der Waals surface area contributed by atoms with E-state index in [1.165, 1.54) is 18.2 Å². The number of thioether (sulfide) groups is 1. The van der Waals surface area contributed by atoms with Crippen molar-refractivity contribution in [2.24, 2.45) is 0 Å². The summed E-state index contributed by atoms with van der Waals surface area (Å²) in [5.74, 6) is -0.551. The van der Waals surface area contributed by atoms with E-state index in [2.05, 4.69) is 5.32 Å². The maximum Gasteiger partial charge on any atom is 0.343 e. The Kier molecular flexibility index (Phi) is 6.28. The van der Waals surface area contributed by atoms with E-state index in [-0.39, 0.29) is 21.2 Å². The molecule has 1 N–H and O–H groups in total. The highest BCUT2D eigenvalue weighted by molar-refractivity contribution is 8.18. The third-order valence-corrected chi connectivity index (χ3v) is 5.12. The lowest BCUT2D eigenvalue weighted by Gasteiger charge is -2.12. The van der Waals surface area contributed by atoms with Crippen molar-refractivity contribution in [2.75, 3.05) is 6.61 Å². The summed E-state index contributed by atoms with van der Waals surface area (Å²) in [6.45, 7) is 2.12. The Bertz CT molecular complexity index is 1010. The summed E-state index contributed by atoms with van der Waals surface area (Å²) >= 11 is 12.6. The Hall–Kier alpha value is -2.48. The van der Waals surface area contributed by atoms with E-state index in [1.807, 2.05) is 0 Å². The van der Waals surface area contributed by atoms with Gasteiger partial charge < -0.3 is 9.47 Å². The molecule has 1 aliphatic rings. The van der Waals surface area contributed by atoms with Crippen molar-refractivity contribution in [3.8, 4) is 11.5 Å². The number of halogens is 2. The number of carbonyl (C=O) groups excluding carboxylic acids is 3. The second-order valence-electron chi connectivity index (χ2n) is 5.51. The lowest BCUT2D eigenvalue weighted by atomic mass is 10.1. The van der Waals surface area contributed by atoms with Crippen LogP contribution in [0.5, 0.6) is 11.5 Å². The summed E-state index contributed by atoms with van der Waals surface area (Å²) in [6.07, 6.45) is 1.55. The van der Waals surface area contributed by atoms with Crippen molar-refractivity contribution in [1.82, 2.24) is 5.32 Å². The highest BCUT2D eigenvalue weighted by Crippen LogP contribution is 2.32. The predicted molar refractivity (Wildman–Crippen MR) is 108 cm³/mol. The van der Waals surface area contributed by atoms with E-state index in [0.29, 0.717) is 22.9 Å². The number of ether oxygens (including phenoxy) is 2. The van der Waals surface area contributed by atoms with Crippen molar-refractivity contribution in [3.05, 3.63) is 62.5 Å². The van der Waals surface area contributed by atoms with Crippen LogP contribution in [0.4, 0.5) is 4.79 Å². The first kappa shape index (κ1) is 20.3. The van der Waals surface area contributed by atoms with Gasteiger partial charge in [-0.25, -0.2) is 4.79 Å². The summed E-state index contributed by atoms with van der Waals surface area (Å²) < 4.78 is 11.0. The molecule has 1 fully saturated rings. The average molecular weight is 438 g/mol. The van der Waals surface area contributed by atoms with Gasteiger partial charge in [-0.05, 0) is 60.7 Å². The molecule has 28 heavy (non-hydrogen) atoms. The summed E-state index contributed by atoms with van der Waals surface area (Å²) in [5.41, 5.74) is 0.853. The molecule has 1 aliphatic heterocycles. The van der Waals surface area contributed by atoms with Gasteiger partial charge in [0.15, 0.2) is 11.5 Å². The van der Waals surface area contributed by atoms with Crippen LogP contribution in [0.3, 0.4) is 0 Å². The fourth-order valence-electron chi connectivity index (χ4n) is 2.32. The quantitative estimate of drug-likeness (QED) is 0.405. The minimum absolute atomic E-state index is 0.208. The van der Waals surface area contributed by atoms with Crippen molar-refractivity contribution >= 4 is 58.2 Å². The molecule has 2 aromatic rings. The highest BCUT2D eigenvalue weighted by atomic mass is 35.5. The number of carbonyl (C=O) groups is 3. The lowest BCUT2D eigenvalue weighted by Crippen LogP contribution is -2.17. The maximum atomic E-state index is 12.4. The van der Waals surface area contributed by atoms with E-state index in [1.54, 1.807) is 31.2 Å². The van der Waals surface area contributed by atoms with Gasteiger partial charge in [0.2, 0.25) is 0 Å². The molecule has 0 unspecified atom stereocenters. The zero-order valence-corrected chi connectivity index (χ0v) is 16.8. The minimum atomic E-state index is -0.623. The van der Waals surface area contributed by atoms with Gasteiger partial charge in [-0.1, -0.05) is 29.3 Å². The van der Waals surface area contributed by atoms with Gasteiger partial charge in [0.25, 0.3) is 11.1 Å². The van der Waals surface area contributed by atoms with Crippen LogP contribution in [0.15, 0.2) is 41.3 Å². The normalized spacial score (nSPS) is 14.9. The third-order valence-electron chi connectivity index (χ3n) is 3.57. The zero-order valence-electron chi connectivity index (χ0n) is 14.5. The number of esters is 1. The molecular weight excluding hydrogens is 425 g/mol. The van der Waals surface area contributed by atoms with Crippen molar-refractivity contribution in [2.45, 2.75) is 6.92 Å². The molecule has 144 valence electrons. The topological polar surface area (TPSA) is 81.7 Å². The number of hydrogen-bond acceptors (Lipinski definition) is 6. The molecule has 1 heterocycles. The van der Waals surface area contributed by atoms with E-state index >= 15 is 0 Å². The maximum absolute atomic E-state index is 12.4. The Morgan fingerprint density at radius 2 is 1.89 bits per heavy atom. The molecular formula is C19H13Cl2NO5S. The number of hydrogen-bond donors (Lipinski definition) is 1. The van der Waals surface area contributed by atoms with Gasteiger partial charge in [0, 0.05) is 0 Å². The van der Waals surface area contributed by atoms with E-state index < -0.39 is 17.1 Å². The fraction of sp³-hybridized carbons (Fsp3) is 0.105. The first-order valence-corrected chi connectivity index (χ1v) is 9.63. The second-order valence-corrected chi connectivity index (χ2v) is 7.34. The van der Waals surface area contributed by atoms with E-state index in [4.69, 9.17) is 32.7 Å². The lowest BCUT2D eigenvalue weighted by molar-refractivity contribution is -0.115. The number of benzene rings is 2. The smallest absolute Gasteiger partial charge is 0.343 e. The molecule has 0 atom stereocenters. The van der Waals surface area contributed by atoms with Crippen LogP contribution in [0, 0.1) is 0 Å². The van der Waals surface area contributed by atoms with Crippen LogP contribution in [0.25, 0.3) is 6.08 Å². The number of rotatable bonds is 5. The molecule has 0 spiro atoms. The van der Waals surface area contributed by atoms with Crippen molar-refractivity contribution in [3.63, 3.8) is 0 Å². The van der Waals surface area contributed by atoms with Gasteiger partial charge in [-0.2, -0.15) is 0 Å². The van der Waals surface area contributed by atoms with E-state index in [0.717, 1.165) is 11.8 Å². The van der Waals surface area contributed by atoms with Gasteiger partial charge in [-0.3, -0.25) is 14.9 Å². The van der Waals surface area contributed by atoms with Crippen LogP contribution in [0.1, 0.15) is 22.8 Å². The Labute approximate surface area is 174 Å². The predicted octanol–water partition coefficient (Wildman–Crippen LogP) is 4.94. The minimum Gasteiger partial charge on any atom is -0.490 e. The fourth-order valence-corrected chi connectivity index (χ4v) is 3.30. The molecule has 6 nitrogen and oxygen atoms in total. The largest absolute Gasteiger partial charge is 0.490 e. The number of amides is 2. The molecule has 0 radical (unpaired) electrons. The number of nitrogens with one attached hydrogen (secondary N) is 1. The monoisotopic (exact) mass is 437 g/mol. The highest BCUT2D eigenvalue weighted by Gasteiger charge is 2.25. The van der Waals surface area contributed by atoms with Gasteiger partial charge in [0.1, 0.15) is 0 Å². The average Bonchev–Trinajstić information content (AvgIpc) is 2.96. The van der Waals surface area contributed by atoms with Crippen LogP contribution >= 0.6 is 35.0 Å². The molecule has 0 saturated carbocycles. The third kappa shape index (κ3) is 4.67. The summed E-state index contributed by atoms with van der Waals surface area (Å²) in [5, 5.41) is 2.34. The first-order valence-electron chi connectivity index (χ1n) is 8.06. The van der Waals surface area contributed by atoms with Crippen molar-refractivity contribution < 1.29 is 23.9 Å². The molecule has 3 rings (SSSR count). The van der Waals surface area contributed by atoms with Gasteiger partial charge >= 0.3 is 5.97 Å². The molecule has 1 saturated heterocycles. The SMILES string of the molecule is CCOc1cc(/C=C2/SC(=O)NC2=O)ccc1OC(=O)c1ccc(Cl)c(Cl)c1. The molecule has 2 aromatic carbocycles. The Morgan fingerprint density at radius 3 is 2.54 bits per heavy atom. The van der Waals surface area contributed by atoms with Crippen LogP contribution < -0.4 is 14.8 Å². The summed E-state index contributed by atoms with van der Waals surface area (Å²) in [6, 6.07) is 9.23. The van der Waals surface area contributed by atoms with E-state index in [9.17, 15) is 14.4 Å². The Morgan fingerprint density at radius 1 is 1.11 bits per heavy atom. The summed E-state index contributed by atoms with van der Waals surface area (Å²) in [4.78, 5) is 35.6. The van der Waals surface area contributed by atoms with Crippen molar-refractivity contribution in [1.29, 1.82) is 0 Å². The molecule has 9 heteroatoms. The van der Waals surface area contributed by atoms with Crippen LogP contribution in [0.2, 0.25) is 10.0 Å². The van der Waals surface area contributed by atoms with Crippen LogP contribution in [-0.2, 0) is 4.79 Å². The molecule has 2 amide bonds. The molecule has 0 aromatic heterocycles. The van der Waals surface area contributed by atoms with Gasteiger partial charge in [-0.15, -0.1) is 0 Å². The van der Waals surface area contributed by atoms with Crippen LogP contribution in [-0.4, -0.2) is 23.7 Å². The molecule has 0 bridgehead atoms. The first-order chi connectivity index (χ1) is 13.4. The zero-order chi connectivity index (χ0) is 20.3. The summed E-state index contributed by atoms with van der Waals surface area (Å²) in [7, 11) is 0. The molecule has 0 aliphatic carbocycles. The van der Waals surface area contributed by atoms with Gasteiger partial charge in [0.05, 0.1) is 27.1 Å². The number of imide groups is 1. The Balaban J connectivity index is 1.85.